The number of hydroxylamine groups is 1. The summed E-state index contributed by atoms with van der Waals surface area (Å²) < 4.78 is 5.47. The number of ether oxygens (including phenoxy) is 1. The van der Waals surface area contributed by atoms with Crippen LogP contribution in [-0.2, 0) is 4.79 Å². The van der Waals surface area contributed by atoms with E-state index in [0.29, 0.717) is 17.0 Å². The van der Waals surface area contributed by atoms with Crippen LogP contribution in [0.15, 0.2) is 48.5 Å². The van der Waals surface area contributed by atoms with Crippen LogP contribution in [0.1, 0.15) is 22.8 Å². The molecule has 6 N–H and O–H groups in total. The Morgan fingerprint density at radius 2 is 1.79 bits per heavy atom. The Morgan fingerprint density at radius 3 is 2.36 bits per heavy atom. The van der Waals surface area contributed by atoms with Gasteiger partial charge in [0.05, 0.1) is 6.10 Å². The molecule has 2 amide bonds. The smallest absolute Gasteiger partial charge is 0.268 e. The molecule has 0 bridgehead atoms. The fraction of sp³-hybridized carbons (Fsp3) is 0.200. The molecule has 1 unspecified atom stereocenters. The summed E-state index contributed by atoms with van der Waals surface area (Å²) in [7, 11) is 0. The number of amides is 2. The molecular weight excluding hydrogens is 362 g/mol. The molecular formula is C20H21N3O5. The van der Waals surface area contributed by atoms with Crippen LogP contribution in [0.2, 0.25) is 0 Å². The Kier molecular flexibility index (Phi) is 7.39. The van der Waals surface area contributed by atoms with Gasteiger partial charge in [0, 0.05) is 16.8 Å². The number of carbonyl (C=O) groups excluding carboxylic acids is 2. The van der Waals surface area contributed by atoms with Gasteiger partial charge in [0.2, 0.25) is 0 Å². The molecule has 2 rings (SSSR count). The second kappa shape index (κ2) is 9.97. The number of anilines is 1. The standard InChI is InChI=1S/C20H21N3O5/c1-13(24)18(20(26)23-27)22-19(25)15-6-4-14(5-7-15)3-2-12-28-17-10-8-16(21)9-11-17/h4-11,13,18,24,27H,12,21H2,1H3,(H,22,25)(H,23,26)/t13-,18?/m1/s1. The summed E-state index contributed by atoms with van der Waals surface area (Å²) >= 11 is 0. The number of hydrogen-bond donors (Lipinski definition) is 5. The number of nitrogen functional groups attached to an aromatic ring is 1. The van der Waals surface area contributed by atoms with Gasteiger partial charge in [-0.1, -0.05) is 11.8 Å². The summed E-state index contributed by atoms with van der Waals surface area (Å²) in [4.78, 5) is 23.7. The number of nitrogens with two attached hydrogens (primary N) is 1. The lowest BCUT2D eigenvalue weighted by Gasteiger charge is -2.19. The lowest BCUT2D eigenvalue weighted by molar-refractivity contribution is -0.133. The van der Waals surface area contributed by atoms with Crippen LogP contribution in [-0.4, -0.2) is 40.9 Å². The molecule has 0 fully saturated rings. The fourth-order valence-electron chi connectivity index (χ4n) is 2.23. The van der Waals surface area contributed by atoms with Gasteiger partial charge >= 0.3 is 0 Å². The molecule has 28 heavy (non-hydrogen) atoms. The zero-order chi connectivity index (χ0) is 20.5. The van der Waals surface area contributed by atoms with Crippen molar-refractivity contribution >= 4 is 17.5 Å². The maximum atomic E-state index is 12.2. The van der Waals surface area contributed by atoms with Crippen molar-refractivity contribution in [2.75, 3.05) is 12.3 Å². The van der Waals surface area contributed by atoms with Gasteiger partial charge in [-0.15, -0.1) is 0 Å². The van der Waals surface area contributed by atoms with E-state index in [9.17, 15) is 14.7 Å². The third-order valence-electron chi connectivity index (χ3n) is 3.73. The van der Waals surface area contributed by atoms with Gasteiger partial charge in [-0.05, 0) is 55.5 Å². The van der Waals surface area contributed by atoms with E-state index >= 15 is 0 Å². The molecule has 0 aliphatic heterocycles. The van der Waals surface area contributed by atoms with E-state index in [0.717, 1.165) is 0 Å². The minimum absolute atomic E-state index is 0.193. The van der Waals surface area contributed by atoms with Crippen LogP contribution in [0, 0.1) is 11.8 Å². The number of aliphatic hydroxyl groups is 1. The first kappa shape index (κ1) is 20.8. The van der Waals surface area contributed by atoms with Crippen LogP contribution in [0.4, 0.5) is 5.69 Å². The van der Waals surface area contributed by atoms with Crippen LogP contribution in [0.5, 0.6) is 5.75 Å². The topological polar surface area (TPSA) is 134 Å². The predicted octanol–water partition coefficient (Wildman–Crippen LogP) is 0.684. The van der Waals surface area contributed by atoms with Crippen molar-refractivity contribution in [1.82, 2.24) is 10.8 Å². The van der Waals surface area contributed by atoms with Gasteiger partial charge in [-0.2, -0.15) is 0 Å². The molecule has 8 heteroatoms. The molecule has 0 aliphatic carbocycles. The number of rotatable bonds is 6. The van der Waals surface area contributed by atoms with Crippen LogP contribution >= 0.6 is 0 Å². The Bertz CT molecular complexity index is 867. The number of aliphatic hydroxyl groups excluding tert-OH is 1. The lowest BCUT2D eigenvalue weighted by atomic mass is 10.1. The zero-order valence-corrected chi connectivity index (χ0v) is 15.2. The number of carbonyl (C=O) groups is 2. The first-order valence-corrected chi connectivity index (χ1v) is 8.41. The zero-order valence-electron chi connectivity index (χ0n) is 15.2. The Hall–Kier alpha value is -3.54. The van der Waals surface area contributed by atoms with Gasteiger partial charge in [-0.3, -0.25) is 14.8 Å². The highest BCUT2D eigenvalue weighted by Gasteiger charge is 2.25. The van der Waals surface area contributed by atoms with Crippen LogP contribution < -0.4 is 21.3 Å². The number of nitrogens with one attached hydrogen (secondary N) is 2. The normalized spacial score (nSPS) is 12.1. The van der Waals surface area contributed by atoms with Crippen molar-refractivity contribution in [3.63, 3.8) is 0 Å². The first-order valence-electron chi connectivity index (χ1n) is 8.41. The molecule has 0 spiro atoms. The molecule has 0 aliphatic rings. The van der Waals surface area contributed by atoms with Gasteiger partial charge in [0.25, 0.3) is 11.8 Å². The molecule has 0 heterocycles. The quantitative estimate of drug-likeness (QED) is 0.216. The van der Waals surface area contributed by atoms with Crippen molar-refractivity contribution in [2.24, 2.45) is 0 Å². The molecule has 2 atom stereocenters. The Labute approximate surface area is 162 Å². The molecule has 0 saturated heterocycles. The molecule has 2 aromatic rings. The summed E-state index contributed by atoms with van der Waals surface area (Å²) in [5, 5.41) is 20.6. The van der Waals surface area contributed by atoms with E-state index in [1.807, 2.05) is 0 Å². The average Bonchev–Trinajstić information content (AvgIpc) is 2.70. The van der Waals surface area contributed by atoms with Crippen LogP contribution in [0.25, 0.3) is 0 Å². The van der Waals surface area contributed by atoms with E-state index in [-0.39, 0.29) is 12.2 Å². The molecule has 0 aromatic heterocycles. The van der Waals surface area contributed by atoms with Crippen molar-refractivity contribution in [3.8, 4) is 17.6 Å². The summed E-state index contributed by atoms with van der Waals surface area (Å²) in [5.41, 5.74) is 8.61. The predicted molar refractivity (Wildman–Crippen MR) is 103 cm³/mol. The highest BCUT2D eigenvalue weighted by atomic mass is 16.5. The van der Waals surface area contributed by atoms with Gasteiger partial charge in [0.1, 0.15) is 18.4 Å². The highest BCUT2D eigenvalue weighted by molar-refractivity contribution is 5.97. The summed E-state index contributed by atoms with van der Waals surface area (Å²) in [5.74, 6) is 4.96. The monoisotopic (exact) mass is 383 g/mol. The van der Waals surface area contributed by atoms with Crippen molar-refractivity contribution in [1.29, 1.82) is 0 Å². The van der Waals surface area contributed by atoms with E-state index in [1.165, 1.54) is 24.5 Å². The SMILES string of the molecule is C[C@@H](O)C(NC(=O)c1ccc(C#CCOc2ccc(N)cc2)cc1)C(=O)NO. The minimum atomic E-state index is -1.28. The second-order valence-corrected chi connectivity index (χ2v) is 5.90. The number of benzene rings is 2. The highest BCUT2D eigenvalue weighted by Crippen LogP contribution is 2.12. The summed E-state index contributed by atoms with van der Waals surface area (Å²) in [6, 6.07) is 12.1. The summed E-state index contributed by atoms with van der Waals surface area (Å²) in [6.45, 7) is 1.52. The van der Waals surface area contributed by atoms with E-state index in [1.54, 1.807) is 36.4 Å². The first-order chi connectivity index (χ1) is 13.4. The van der Waals surface area contributed by atoms with Crippen molar-refractivity contribution in [2.45, 2.75) is 19.1 Å². The third-order valence-corrected chi connectivity index (χ3v) is 3.73. The fourth-order valence-corrected chi connectivity index (χ4v) is 2.23. The van der Waals surface area contributed by atoms with Crippen molar-refractivity contribution in [3.05, 3.63) is 59.7 Å². The van der Waals surface area contributed by atoms with Gasteiger partial charge in [0.15, 0.2) is 0 Å². The molecule has 0 saturated carbocycles. The number of hydrogen-bond acceptors (Lipinski definition) is 6. The molecule has 146 valence electrons. The second-order valence-electron chi connectivity index (χ2n) is 5.90. The van der Waals surface area contributed by atoms with E-state index in [2.05, 4.69) is 17.2 Å². The van der Waals surface area contributed by atoms with Crippen molar-refractivity contribution < 1.29 is 24.6 Å². The lowest BCUT2D eigenvalue weighted by Crippen LogP contribution is -2.51. The summed E-state index contributed by atoms with van der Waals surface area (Å²) in [6.07, 6.45) is -1.18. The Balaban J connectivity index is 1.93. The van der Waals surface area contributed by atoms with E-state index < -0.39 is 24.0 Å². The van der Waals surface area contributed by atoms with Gasteiger partial charge < -0.3 is 20.9 Å². The third kappa shape index (κ3) is 6.02. The van der Waals surface area contributed by atoms with Crippen LogP contribution in [0.3, 0.4) is 0 Å². The molecule has 2 aromatic carbocycles. The largest absolute Gasteiger partial charge is 0.481 e. The minimum Gasteiger partial charge on any atom is -0.481 e. The molecule has 0 radical (unpaired) electrons. The maximum Gasteiger partial charge on any atom is 0.268 e. The maximum absolute atomic E-state index is 12.2. The van der Waals surface area contributed by atoms with Gasteiger partial charge in [-0.25, -0.2) is 5.48 Å². The average molecular weight is 383 g/mol. The molecule has 8 nitrogen and oxygen atoms in total. The Morgan fingerprint density at radius 1 is 1.14 bits per heavy atom. The van der Waals surface area contributed by atoms with E-state index in [4.69, 9.17) is 15.7 Å².